The molecule has 0 spiro atoms. The molecule has 0 aromatic heterocycles. The van der Waals surface area contributed by atoms with Crippen LogP contribution in [0.1, 0.15) is 0 Å². The summed E-state index contributed by atoms with van der Waals surface area (Å²) in [6, 6.07) is -0.376. The molecule has 1 rings (SSSR count). The standard InChI is InChI=1S/C6H12N2O2.CH2.Ca/c1-8-3-2-7-5(4-8)6(9)10;;/h5,7H,2-4H2,1H3,(H,9,10);1H2;. The van der Waals surface area contributed by atoms with Gasteiger partial charge in [-0.25, -0.2) is 0 Å². The molecule has 12 heavy (non-hydrogen) atoms. The van der Waals surface area contributed by atoms with Crippen LogP contribution in [0.15, 0.2) is 0 Å². The predicted molar refractivity (Wildman–Crippen MR) is 49.8 cm³/mol. The second kappa shape index (κ2) is 6.97. The summed E-state index contributed by atoms with van der Waals surface area (Å²) < 4.78 is 3.38. The van der Waals surface area contributed by atoms with Crippen molar-refractivity contribution in [2.75, 3.05) is 26.7 Å². The van der Waals surface area contributed by atoms with Crippen molar-refractivity contribution in [1.29, 1.82) is 0 Å². The van der Waals surface area contributed by atoms with Crippen molar-refractivity contribution >= 4 is 43.8 Å². The Morgan fingerprint density at radius 2 is 2.33 bits per heavy atom. The van der Waals surface area contributed by atoms with E-state index in [9.17, 15) is 4.79 Å². The monoisotopic (exact) mass is 198 g/mol. The number of piperazine rings is 1. The average Bonchev–Trinajstić information content (AvgIpc) is 2.08. The molecule has 0 radical (unpaired) electrons. The molecule has 4 nitrogen and oxygen atoms in total. The van der Waals surface area contributed by atoms with E-state index in [4.69, 9.17) is 5.11 Å². The first-order valence-corrected chi connectivity index (χ1v) is 5.41. The molecule has 0 aromatic carbocycles. The first-order chi connectivity index (χ1) is 5.70. The van der Waals surface area contributed by atoms with Crippen LogP contribution in [0.5, 0.6) is 0 Å². The minimum absolute atomic E-state index is 0.376. The number of carboxylic acid groups (broad SMARTS) is 1. The quantitative estimate of drug-likeness (QED) is 0.507. The number of hydrogen-bond acceptors (Lipinski definition) is 3. The van der Waals surface area contributed by atoms with Gasteiger partial charge in [-0.05, 0) is 7.05 Å². The normalized spacial score (nSPS) is 24.1. The third-order valence-electron chi connectivity index (χ3n) is 1.68. The molecule has 2 N–H and O–H groups in total. The summed E-state index contributed by atoms with van der Waals surface area (Å²) in [5, 5.41) is 11.5. The number of aliphatic carboxylic acids is 1. The molecule has 1 atom stereocenters. The van der Waals surface area contributed by atoms with Gasteiger partial charge in [0.15, 0.2) is 0 Å². The number of nitrogens with zero attached hydrogens (tertiary/aromatic N) is 1. The molecule has 0 saturated carbocycles. The van der Waals surface area contributed by atoms with Crippen molar-refractivity contribution in [3.05, 3.63) is 0 Å². The van der Waals surface area contributed by atoms with Crippen LogP contribution in [0, 0.1) is 0 Å². The van der Waals surface area contributed by atoms with Gasteiger partial charge in [0.1, 0.15) is 6.04 Å². The van der Waals surface area contributed by atoms with E-state index in [0.29, 0.717) is 6.54 Å². The summed E-state index contributed by atoms with van der Waals surface area (Å²) in [5.74, 6) is -0.758. The van der Waals surface area contributed by atoms with Crippen LogP contribution >= 0.6 is 0 Å². The van der Waals surface area contributed by atoms with Crippen molar-refractivity contribution < 1.29 is 9.90 Å². The van der Waals surface area contributed by atoms with E-state index < -0.39 is 5.97 Å². The van der Waals surface area contributed by atoms with Gasteiger partial charge in [0.2, 0.25) is 0 Å². The molecule has 5 heteroatoms. The fourth-order valence-electron chi connectivity index (χ4n) is 1.06. The molecular formula is C7H14CaN2O2. The first kappa shape index (κ1) is 12.5. The van der Waals surface area contributed by atoms with Gasteiger partial charge in [-0.2, -0.15) is 0 Å². The maximum atomic E-state index is 10.4. The molecule has 1 fully saturated rings. The van der Waals surface area contributed by atoms with Crippen LogP contribution < -0.4 is 5.32 Å². The third-order valence-corrected chi connectivity index (χ3v) is 1.68. The van der Waals surface area contributed by atoms with E-state index in [1.54, 1.807) is 0 Å². The zero-order chi connectivity index (χ0) is 9.56. The Kier molecular flexibility index (Phi) is 7.28. The van der Waals surface area contributed by atoms with E-state index in [1.165, 1.54) is 0 Å². The van der Waals surface area contributed by atoms with Gasteiger partial charge >= 0.3 is 43.8 Å². The Balaban J connectivity index is 0.000000561. The Hall–Kier alpha value is 0.520. The van der Waals surface area contributed by atoms with Gasteiger partial charge in [-0.3, -0.25) is 4.79 Å². The van der Waals surface area contributed by atoms with Gasteiger partial charge in [0.05, 0.1) is 0 Å². The van der Waals surface area contributed by atoms with E-state index in [2.05, 4.69) is 7.90 Å². The fourth-order valence-corrected chi connectivity index (χ4v) is 1.06. The van der Waals surface area contributed by atoms with Gasteiger partial charge in [0, 0.05) is 19.6 Å². The predicted octanol–water partition coefficient (Wildman–Crippen LogP) is -1.44. The van der Waals surface area contributed by atoms with Crippen LogP contribution in [0.3, 0.4) is 0 Å². The van der Waals surface area contributed by atoms with E-state index in [0.717, 1.165) is 48.4 Å². The number of nitrogens with one attached hydrogen (secondary N) is 1. The summed E-state index contributed by atoms with van der Waals surface area (Å²) in [6.45, 7) is 2.31. The average molecular weight is 198 g/mol. The minimum atomic E-state index is -0.758. The van der Waals surface area contributed by atoms with E-state index in [1.807, 2.05) is 11.9 Å². The molecule has 1 heterocycles. The fraction of sp³-hybridized carbons (Fsp3) is 0.714. The Morgan fingerprint density at radius 3 is 2.67 bits per heavy atom. The Labute approximate surface area is 96.0 Å². The zero-order valence-electron chi connectivity index (χ0n) is 7.42. The van der Waals surface area contributed by atoms with Crippen LogP contribution in [-0.4, -0.2) is 86.6 Å². The second-order valence-electron chi connectivity index (χ2n) is 2.61. The summed E-state index contributed by atoms with van der Waals surface area (Å²) in [6.07, 6.45) is 0. The second-order valence-corrected chi connectivity index (χ2v) is 2.61. The van der Waals surface area contributed by atoms with Gasteiger partial charge in [0.25, 0.3) is 0 Å². The van der Waals surface area contributed by atoms with Crippen molar-refractivity contribution in [3.63, 3.8) is 0 Å². The van der Waals surface area contributed by atoms with E-state index >= 15 is 0 Å². The number of carbonyl (C=O) groups is 1. The number of hydrogen-bond donors (Lipinski definition) is 2. The Morgan fingerprint density at radius 1 is 1.75 bits per heavy atom. The zero-order valence-corrected chi connectivity index (χ0v) is 9.62. The van der Waals surface area contributed by atoms with Crippen molar-refractivity contribution in [2.24, 2.45) is 0 Å². The van der Waals surface area contributed by atoms with Crippen molar-refractivity contribution in [3.8, 4) is 0 Å². The summed E-state index contributed by atoms with van der Waals surface area (Å²) in [4.78, 5) is 12.4. The van der Waals surface area contributed by atoms with Crippen molar-refractivity contribution in [2.45, 2.75) is 6.04 Å². The molecule has 0 bridgehead atoms. The number of likely N-dealkylation sites (N-methyl/N-ethyl adjacent to an activating group) is 1. The number of carboxylic acids is 1. The van der Waals surface area contributed by atoms with E-state index in [-0.39, 0.29) is 6.04 Å². The molecular weight excluding hydrogens is 184 g/mol. The molecule has 1 aliphatic heterocycles. The van der Waals surface area contributed by atoms with Gasteiger partial charge < -0.3 is 15.3 Å². The van der Waals surface area contributed by atoms with Crippen LogP contribution in [-0.2, 0) is 4.79 Å². The Bertz CT molecular complexity index is 154. The van der Waals surface area contributed by atoms with Crippen LogP contribution in [0.2, 0.25) is 0 Å². The molecule has 0 amide bonds. The van der Waals surface area contributed by atoms with Crippen molar-refractivity contribution in [1.82, 2.24) is 10.2 Å². The van der Waals surface area contributed by atoms with Crippen LogP contribution in [0.25, 0.3) is 0 Å². The molecule has 66 valence electrons. The topological polar surface area (TPSA) is 52.6 Å². The molecule has 1 aliphatic rings. The summed E-state index contributed by atoms with van der Waals surface area (Å²) >= 11 is 1.12. The summed E-state index contributed by atoms with van der Waals surface area (Å²) in [7, 11) is 1.93. The van der Waals surface area contributed by atoms with Gasteiger partial charge in [-0.15, -0.1) is 0 Å². The van der Waals surface area contributed by atoms with Gasteiger partial charge in [-0.1, -0.05) is 0 Å². The summed E-state index contributed by atoms with van der Waals surface area (Å²) in [5.41, 5.74) is 0. The third kappa shape index (κ3) is 4.52. The number of rotatable bonds is 1. The maximum absolute atomic E-state index is 10.4. The first-order valence-electron chi connectivity index (χ1n) is 3.85. The molecule has 1 unspecified atom stereocenters. The molecule has 0 aromatic rings. The van der Waals surface area contributed by atoms with Crippen LogP contribution in [0.4, 0.5) is 0 Å². The SMILES string of the molecule is CN1CCNC(C(=O)O)C1.[CH2]=[Ca]. The molecule has 1 saturated heterocycles. The molecule has 0 aliphatic carbocycles.